The van der Waals surface area contributed by atoms with Crippen molar-refractivity contribution in [1.29, 1.82) is 0 Å². The number of fused-ring (bicyclic) bond motifs is 1. The standard InChI is InChI=1S/C21H23N3O4S2/c1-28-16-7-10-18-19(12-16)29-21(23-18)24-11-3-4-14(13-24)20(25)22-15-5-8-17(9-6-15)30(2,26)27/h5-10,12,14H,3-4,11,13H2,1-2H3,(H,22,25). The summed E-state index contributed by atoms with van der Waals surface area (Å²) >= 11 is 1.60. The van der Waals surface area contributed by atoms with E-state index in [1.54, 1.807) is 30.6 Å². The Balaban J connectivity index is 1.45. The van der Waals surface area contributed by atoms with Gasteiger partial charge in [-0.05, 0) is 55.3 Å². The molecule has 9 heteroatoms. The maximum Gasteiger partial charge on any atom is 0.229 e. The van der Waals surface area contributed by atoms with Gasteiger partial charge in [0.25, 0.3) is 0 Å². The van der Waals surface area contributed by atoms with Crippen LogP contribution in [0.15, 0.2) is 47.4 Å². The topological polar surface area (TPSA) is 88.6 Å². The zero-order chi connectivity index (χ0) is 21.3. The number of hydrogen-bond donors (Lipinski definition) is 1. The van der Waals surface area contributed by atoms with E-state index in [-0.39, 0.29) is 16.7 Å². The fourth-order valence-corrected chi connectivity index (χ4v) is 5.21. The molecular formula is C21H23N3O4S2. The number of thiazole rings is 1. The molecule has 1 fully saturated rings. The third-order valence-electron chi connectivity index (χ3n) is 5.20. The Kier molecular flexibility index (Phi) is 5.66. The minimum atomic E-state index is -3.26. The predicted octanol–water partition coefficient (Wildman–Crippen LogP) is 3.56. The van der Waals surface area contributed by atoms with Crippen LogP contribution >= 0.6 is 11.3 Å². The number of sulfone groups is 1. The summed E-state index contributed by atoms with van der Waals surface area (Å²) in [5.74, 6) is 0.583. The van der Waals surface area contributed by atoms with E-state index in [0.29, 0.717) is 12.2 Å². The van der Waals surface area contributed by atoms with Crippen molar-refractivity contribution in [3.8, 4) is 5.75 Å². The van der Waals surface area contributed by atoms with Crippen molar-refractivity contribution in [2.75, 3.05) is 36.7 Å². The predicted molar refractivity (Wildman–Crippen MR) is 119 cm³/mol. The number of benzene rings is 2. The van der Waals surface area contributed by atoms with Gasteiger partial charge in [0.15, 0.2) is 15.0 Å². The van der Waals surface area contributed by atoms with Crippen molar-refractivity contribution >= 4 is 48.1 Å². The molecule has 1 aliphatic rings. The van der Waals surface area contributed by atoms with E-state index in [4.69, 9.17) is 9.72 Å². The average Bonchev–Trinajstić information content (AvgIpc) is 3.17. The number of anilines is 2. The van der Waals surface area contributed by atoms with E-state index in [1.807, 2.05) is 18.2 Å². The third-order valence-corrected chi connectivity index (χ3v) is 7.40. The van der Waals surface area contributed by atoms with E-state index in [1.165, 1.54) is 12.1 Å². The summed E-state index contributed by atoms with van der Waals surface area (Å²) < 4.78 is 29.5. The molecule has 3 aromatic rings. The molecule has 0 aliphatic carbocycles. The number of rotatable bonds is 5. The Morgan fingerprint density at radius 1 is 1.23 bits per heavy atom. The molecule has 1 saturated heterocycles. The van der Waals surface area contributed by atoms with Crippen molar-refractivity contribution in [2.24, 2.45) is 5.92 Å². The second kappa shape index (κ2) is 8.23. The summed E-state index contributed by atoms with van der Waals surface area (Å²) in [5, 5.41) is 3.82. The fourth-order valence-electron chi connectivity index (χ4n) is 3.55. The lowest BCUT2D eigenvalue weighted by Crippen LogP contribution is -2.40. The number of carbonyl (C=O) groups is 1. The minimum Gasteiger partial charge on any atom is -0.497 e. The molecule has 1 amide bonds. The number of ether oxygens (including phenoxy) is 1. The van der Waals surface area contributed by atoms with Crippen molar-refractivity contribution in [2.45, 2.75) is 17.7 Å². The summed E-state index contributed by atoms with van der Waals surface area (Å²) in [7, 11) is -1.61. The molecule has 0 radical (unpaired) electrons. The summed E-state index contributed by atoms with van der Waals surface area (Å²) in [6.45, 7) is 1.47. The van der Waals surface area contributed by atoms with E-state index in [0.717, 1.165) is 46.7 Å². The molecule has 0 saturated carbocycles. The minimum absolute atomic E-state index is 0.0606. The molecule has 1 aromatic heterocycles. The molecule has 4 rings (SSSR count). The van der Waals surface area contributed by atoms with Crippen LogP contribution in [-0.4, -0.2) is 45.8 Å². The van der Waals surface area contributed by atoms with Gasteiger partial charge in [-0.15, -0.1) is 0 Å². The molecule has 2 aromatic carbocycles. The van der Waals surface area contributed by atoms with Crippen molar-refractivity contribution in [3.63, 3.8) is 0 Å². The van der Waals surface area contributed by atoms with Crippen LogP contribution in [0.3, 0.4) is 0 Å². The van der Waals surface area contributed by atoms with E-state index >= 15 is 0 Å². The number of piperidine rings is 1. The Morgan fingerprint density at radius 3 is 2.70 bits per heavy atom. The first-order valence-electron chi connectivity index (χ1n) is 9.64. The van der Waals surface area contributed by atoms with Crippen molar-refractivity contribution in [1.82, 2.24) is 4.98 Å². The van der Waals surface area contributed by atoms with Crippen LogP contribution in [0.25, 0.3) is 10.2 Å². The maximum absolute atomic E-state index is 12.8. The zero-order valence-electron chi connectivity index (χ0n) is 16.8. The van der Waals surface area contributed by atoms with Crippen molar-refractivity contribution in [3.05, 3.63) is 42.5 Å². The van der Waals surface area contributed by atoms with Crippen LogP contribution in [0, 0.1) is 5.92 Å². The normalized spacial score (nSPS) is 17.1. The largest absolute Gasteiger partial charge is 0.497 e. The quantitative estimate of drug-likeness (QED) is 0.646. The van der Waals surface area contributed by atoms with E-state index in [2.05, 4.69) is 10.2 Å². The number of hydrogen-bond acceptors (Lipinski definition) is 7. The van der Waals surface area contributed by atoms with Gasteiger partial charge in [0, 0.05) is 25.0 Å². The van der Waals surface area contributed by atoms with Gasteiger partial charge in [-0.1, -0.05) is 11.3 Å². The van der Waals surface area contributed by atoms with Crippen LogP contribution in [0.5, 0.6) is 5.75 Å². The van der Waals surface area contributed by atoms with Gasteiger partial charge in [-0.3, -0.25) is 4.79 Å². The molecule has 0 bridgehead atoms. The Hall–Kier alpha value is -2.65. The maximum atomic E-state index is 12.8. The van der Waals surface area contributed by atoms with Gasteiger partial charge in [0.2, 0.25) is 5.91 Å². The number of carbonyl (C=O) groups excluding carboxylic acids is 1. The second-order valence-electron chi connectivity index (χ2n) is 7.40. The van der Waals surface area contributed by atoms with E-state index < -0.39 is 9.84 Å². The summed E-state index contributed by atoms with van der Waals surface area (Å²) in [5.41, 5.74) is 1.52. The van der Waals surface area contributed by atoms with Crippen LogP contribution in [0.2, 0.25) is 0 Å². The number of aromatic nitrogens is 1. The number of nitrogens with zero attached hydrogens (tertiary/aromatic N) is 2. The monoisotopic (exact) mass is 445 g/mol. The summed E-state index contributed by atoms with van der Waals surface area (Å²) in [4.78, 5) is 19.9. The fraction of sp³-hybridized carbons (Fsp3) is 0.333. The van der Waals surface area contributed by atoms with Gasteiger partial charge < -0.3 is 15.0 Å². The molecule has 0 spiro atoms. The molecular weight excluding hydrogens is 422 g/mol. The molecule has 1 unspecified atom stereocenters. The highest BCUT2D eigenvalue weighted by atomic mass is 32.2. The number of nitrogens with one attached hydrogen (secondary N) is 1. The molecule has 1 aliphatic heterocycles. The number of methoxy groups -OCH3 is 1. The van der Waals surface area contributed by atoms with Crippen LogP contribution < -0.4 is 15.0 Å². The zero-order valence-corrected chi connectivity index (χ0v) is 18.4. The highest BCUT2D eigenvalue weighted by Crippen LogP contribution is 2.33. The van der Waals surface area contributed by atoms with Crippen molar-refractivity contribution < 1.29 is 17.9 Å². The lowest BCUT2D eigenvalue weighted by molar-refractivity contribution is -0.120. The van der Waals surface area contributed by atoms with Gasteiger partial charge >= 0.3 is 0 Å². The Bertz CT molecular complexity index is 1170. The SMILES string of the molecule is COc1ccc2nc(N3CCCC(C(=O)Nc4ccc(S(C)(=O)=O)cc4)C3)sc2c1. The Morgan fingerprint density at radius 2 is 2.00 bits per heavy atom. The van der Waals surface area contributed by atoms with Crippen LogP contribution in [0.4, 0.5) is 10.8 Å². The molecule has 1 atom stereocenters. The first-order valence-corrected chi connectivity index (χ1v) is 12.3. The van der Waals surface area contributed by atoms with Gasteiger partial charge in [0.05, 0.1) is 28.1 Å². The second-order valence-corrected chi connectivity index (χ2v) is 10.4. The average molecular weight is 446 g/mol. The summed E-state index contributed by atoms with van der Waals surface area (Å²) in [6, 6.07) is 12.1. The van der Waals surface area contributed by atoms with Gasteiger partial charge in [-0.25, -0.2) is 13.4 Å². The van der Waals surface area contributed by atoms with Gasteiger partial charge in [0.1, 0.15) is 5.75 Å². The van der Waals surface area contributed by atoms with Gasteiger partial charge in [-0.2, -0.15) is 0 Å². The molecule has 158 valence electrons. The molecule has 1 N–H and O–H groups in total. The summed E-state index contributed by atoms with van der Waals surface area (Å²) in [6.07, 6.45) is 2.88. The lowest BCUT2D eigenvalue weighted by Gasteiger charge is -2.31. The van der Waals surface area contributed by atoms with Crippen LogP contribution in [-0.2, 0) is 14.6 Å². The number of amides is 1. The third kappa shape index (κ3) is 4.41. The molecule has 7 nitrogen and oxygen atoms in total. The molecule has 2 heterocycles. The van der Waals surface area contributed by atoms with Crippen LogP contribution in [0.1, 0.15) is 12.8 Å². The highest BCUT2D eigenvalue weighted by Gasteiger charge is 2.27. The lowest BCUT2D eigenvalue weighted by atomic mass is 9.97. The first kappa shape index (κ1) is 20.6. The Labute approximate surface area is 179 Å². The first-order chi connectivity index (χ1) is 14.3. The highest BCUT2D eigenvalue weighted by molar-refractivity contribution is 7.90. The molecule has 30 heavy (non-hydrogen) atoms. The van der Waals surface area contributed by atoms with E-state index in [9.17, 15) is 13.2 Å². The smallest absolute Gasteiger partial charge is 0.229 e.